The Balaban J connectivity index is 0.000000211. The van der Waals surface area contributed by atoms with Gasteiger partial charge in [0.15, 0.2) is 0 Å². The molecule has 0 unspecified atom stereocenters. The zero-order valence-electron chi connectivity index (χ0n) is 58.5. The van der Waals surface area contributed by atoms with Crippen molar-refractivity contribution in [2.75, 3.05) is 70.8 Å². The van der Waals surface area contributed by atoms with Crippen LogP contribution < -0.4 is 41.9 Å². The summed E-state index contributed by atoms with van der Waals surface area (Å²) in [6, 6.07) is 56.8. The number of aryl methyl sites for hydroxylation is 2. The zero-order valence-corrected chi connectivity index (χ0v) is 61.5. The number of carboxylic acid groups (broad SMARTS) is 1. The lowest BCUT2D eigenvalue weighted by molar-refractivity contribution is -0.384. The van der Waals surface area contributed by atoms with Gasteiger partial charge < -0.3 is 57.1 Å². The van der Waals surface area contributed by atoms with E-state index in [1.807, 2.05) is 104 Å². The molecule has 0 atom stereocenters. The number of amides is 3. The maximum Gasteiger partial charge on any atom is 0.373 e. The molecule has 10 N–H and O–H groups in total. The number of hydrogen-bond acceptors (Lipinski definition) is 19. The topological polar surface area (TPSA) is 394 Å². The Bertz CT molecular complexity index is 4490. The van der Waals surface area contributed by atoms with Gasteiger partial charge >= 0.3 is 20.1 Å². The van der Waals surface area contributed by atoms with Crippen LogP contribution in [0.2, 0.25) is 33.7 Å². The smallest absolute Gasteiger partial charge is 0.373 e. The van der Waals surface area contributed by atoms with Crippen molar-refractivity contribution in [2.24, 2.45) is 11.8 Å². The van der Waals surface area contributed by atoms with E-state index in [1.54, 1.807) is 80.4 Å². The maximum absolute atomic E-state index is 12.6. The molecule has 107 heavy (non-hydrogen) atoms. The highest BCUT2D eigenvalue weighted by Gasteiger charge is 2.28. The van der Waals surface area contributed by atoms with E-state index >= 15 is 0 Å². The second-order valence-electron chi connectivity index (χ2n) is 24.4. The normalized spacial score (nSPS) is 12.3. The van der Waals surface area contributed by atoms with Gasteiger partial charge in [-0.05, 0) is 198 Å². The molecule has 2 aliphatic heterocycles. The van der Waals surface area contributed by atoms with Crippen LogP contribution in [0.3, 0.4) is 0 Å². The van der Waals surface area contributed by atoms with Gasteiger partial charge in [0.2, 0.25) is 0 Å². The number of rotatable bonds is 19. The Morgan fingerprint density at radius 3 is 1.13 bits per heavy atom. The largest absolute Gasteiger partial charge is 0.478 e. The fourth-order valence-corrected chi connectivity index (χ4v) is 11.6. The summed E-state index contributed by atoms with van der Waals surface area (Å²) < 4.78 is 0. The van der Waals surface area contributed by atoms with Crippen molar-refractivity contribution in [3.05, 3.63) is 300 Å². The lowest BCUT2D eigenvalue weighted by atomic mass is 9.86. The number of nitrogen functional groups attached to an aromatic ring is 1. The van der Waals surface area contributed by atoms with Crippen molar-refractivity contribution in [1.82, 2.24) is 10.5 Å². The third-order valence-electron chi connectivity index (χ3n) is 16.2. The van der Waals surface area contributed by atoms with E-state index in [4.69, 9.17) is 57.2 Å². The van der Waals surface area contributed by atoms with Gasteiger partial charge in [0.25, 0.3) is 40.5 Å². The van der Waals surface area contributed by atoms with Gasteiger partial charge in [-0.1, -0.05) is 119 Å². The lowest BCUT2D eigenvalue weighted by Gasteiger charge is -2.34. The summed E-state index contributed by atoms with van der Waals surface area (Å²) in [5.41, 5.74) is 13.1. The molecular formula is C74H78B2Cl4N12O15. The van der Waals surface area contributed by atoms with Crippen LogP contribution in [0.15, 0.2) is 206 Å². The molecule has 27 nitrogen and oxygen atoms in total. The molecule has 0 radical (unpaired) electrons. The fourth-order valence-electron chi connectivity index (χ4n) is 10.6. The second kappa shape index (κ2) is 42.8. The van der Waals surface area contributed by atoms with Crippen LogP contribution in [0.4, 0.5) is 56.9 Å². The molecule has 2 saturated heterocycles. The number of carboxylic acids is 1. The average Bonchev–Trinajstić information content (AvgIpc) is 0.796. The van der Waals surface area contributed by atoms with E-state index in [1.165, 1.54) is 42.0 Å². The van der Waals surface area contributed by atoms with Crippen molar-refractivity contribution in [1.29, 1.82) is 0 Å². The first-order valence-corrected chi connectivity index (χ1v) is 34.8. The highest BCUT2D eigenvalue weighted by atomic mass is 35.5. The molecule has 11 rings (SSSR count). The SMILES string of the molecule is CB(O)NCC1CCN(c2cc(C(=O)Nc3ccccc3)ccc2N)CC1.CB(O)NCC1CCN(c2cc(C(=O)Nc3ccccc3)ccc2[N+](=O)[O-])CC1.Cc1ccc([N+](=O)[O-])c(Cl)c1.Cc1cccc(Cl)c1.O=C(Nc1ccccc1)c1ccc([N+](=O)[O-])c(Cl)c1.O=C(O)c1ccc([N+](=O)[O-])c(Cl)c1. The standard InChI is InChI=1S/C20H25BN4O4.C20H27BN4O2.C13H9ClN2O3.C7H4ClNO4.C7H6ClNO2.C7H7Cl/c1-21(27)22-14-15-9-11-24(12-10-15)19-13-16(7-8-18(19)25(28)29)20(26)23-17-5-3-2-4-6-17;1-21(27)23-14-15-9-11-25(12-10-15)19-13-16(7-8-18(19)22)20(26)24-17-5-3-2-4-6-17;14-11-8-9(6-7-12(11)16(18)19)13(17)15-10-4-2-1-3-5-10;8-5-3-4(7(10)11)1-2-6(5)9(12)13;1-5-2-3-7(9(10)11)6(8)4-5;1-6-3-2-4-7(8)5-6/h2-8,13,15,22,27H,9-12,14H2,1H3,(H,23,26);2-8,13,15,23,27H,9-12,14,22H2,1H3,(H,24,26);1-8H,(H,15,17);1-3H,(H,10,11);2-4H,1H3;2-5H,1H3. The van der Waals surface area contributed by atoms with E-state index in [9.17, 15) is 69.7 Å². The van der Waals surface area contributed by atoms with E-state index < -0.39 is 39.8 Å². The van der Waals surface area contributed by atoms with Crippen LogP contribution in [0, 0.1) is 66.1 Å². The molecule has 0 bridgehead atoms. The maximum atomic E-state index is 12.6. The number of anilines is 6. The van der Waals surface area contributed by atoms with E-state index in [-0.39, 0.29) is 66.7 Å². The van der Waals surface area contributed by atoms with Gasteiger partial charge in [0.1, 0.15) is 20.8 Å². The minimum atomic E-state index is -1.17. The van der Waals surface area contributed by atoms with Crippen molar-refractivity contribution in [3.63, 3.8) is 0 Å². The summed E-state index contributed by atoms with van der Waals surface area (Å²) in [4.78, 5) is 92.2. The molecular weight excluding hydrogens is 1460 g/mol. The summed E-state index contributed by atoms with van der Waals surface area (Å²) >= 11 is 22.4. The molecule has 9 aromatic carbocycles. The molecule has 2 heterocycles. The van der Waals surface area contributed by atoms with Gasteiger partial charge in [0.05, 0.1) is 36.6 Å². The van der Waals surface area contributed by atoms with Gasteiger partial charge in [0, 0.05) is 89.2 Å². The number of carbonyl (C=O) groups is 4. The van der Waals surface area contributed by atoms with Crippen LogP contribution in [0.25, 0.3) is 0 Å². The van der Waals surface area contributed by atoms with Crippen LogP contribution in [0.5, 0.6) is 0 Å². The van der Waals surface area contributed by atoms with Crippen molar-refractivity contribution in [2.45, 2.75) is 53.2 Å². The fraction of sp³-hybridized carbons (Fsp3) is 0.216. The Kier molecular flexibility index (Phi) is 34.0. The van der Waals surface area contributed by atoms with Gasteiger partial charge in [-0.15, -0.1) is 0 Å². The van der Waals surface area contributed by atoms with E-state index in [0.717, 1.165) is 85.5 Å². The number of nitrogens with two attached hydrogens (primary N) is 1. The summed E-state index contributed by atoms with van der Waals surface area (Å²) in [7, 11) is -1.02. The molecule has 0 aliphatic carbocycles. The van der Waals surface area contributed by atoms with E-state index in [0.29, 0.717) is 65.3 Å². The number of para-hydroxylation sites is 3. The Morgan fingerprint density at radius 1 is 0.439 bits per heavy atom. The summed E-state index contributed by atoms with van der Waals surface area (Å²) in [6.45, 7) is 11.9. The number of nitro groups is 4. The molecule has 2 fully saturated rings. The number of piperidine rings is 2. The monoisotopic (exact) mass is 1540 g/mol. The number of nitrogens with one attached hydrogen (secondary N) is 5. The lowest BCUT2D eigenvalue weighted by Crippen LogP contribution is -2.41. The Morgan fingerprint density at radius 2 is 0.776 bits per heavy atom. The first-order chi connectivity index (χ1) is 51.0. The first kappa shape index (κ1) is 84.9. The zero-order chi connectivity index (χ0) is 78.3. The predicted octanol–water partition coefficient (Wildman–Crippen LogP) is 15.9. The summed E-state index contributed by atoms with van der Waals surface area (Å²) in [5, 5.41) is 85.2. The minimum Gasteiger partial charge on any atom is -0.478 e. The van der Waals surface area contributed by atoms with Gasteiger partial charge in [-0.3, -0.25) is 54.8 Å². The van der Waals surface area contributed by atoms with E-state index in [2.05, 4.69) is 31.3 Å². The molecule has 2 aliphatic rings. The third-order valence-corrected chi connectivity index (χ3v) is 17.4. The third kappa shape index (κ3) is 28.4. The number of aromatic carboxylic acids is 1. The molecule has 33 heteroatoms. The Labute approximate surface area is 637 Å². The first-order valence-electron chi connectivity index (χ1n) is 33.3. The van der Waals surface area contributed by atoms with Crippen LogP contribution >= 0.6 is 46.4 Å². The van der Waals surface area contributed by atoms with Crippen molar-refractivity contribution >= 4 is 141 Å². The quantitative estimate of drug-likeness (QED) is 0.0157. The molecule has 0 aromatic heterocycles. The summed E-state index contributed by atoms with van der Waals surface area (Å²) in [6.07, 6.45) is 3.77. The van der Waals surface area contributed by atoms with Gasteiger partial charge in [-0.25, -0.2) is 4.79 Å². The molecule has 558 valence electrons. The van der Waals surface area contributed by atoms with Crippen LogP contribution in [-0.2, 0) is 0 Å². The Hall–Kier alpha value is -11.0. The number of nitrogens with zero attached hydrogens (tertiary/aromatic N) is 6. The highest BCUT2D eigenvalue weighted by molar-refractivity contribution is 6.45. The molecule has 9 aromatic rings. The predicted molar refractivity (Wildman–Crippen MR) is 423 cm³/mol. The highest BCUT2D eigenvalue weighted by Crippen LogP contribution is 2.35. The average molecular weight is 1540 g/mol. The molecule has 0 spiro atoms. The number of hydrogen-bond donors (Lipinski definition) is 9. The number of carbonyl (C=O) groups excluding carboxylic acids is 3. The molecule has 3 amide bonds. The molecule has 0 saturated carbocycles. The van der Waals surface area contributed by atoms with Crippen LogP contribution in [0.1, 0.15) is 78.2 Å². The summed E-state index contributed by atoms with van der Waals surface area (Å²) in [5.74, 6) is -1.03. The number of benzene rings is 9. The second-order valence-corrected chi connectivity index (χ2v) is 26.0. The van der Waals surface area contributed by atoms with Crippen molar-refractivity contribution in [3.8, 4) is 0 Å². The number of halogens is 4. The van der Waals surface area contributed by atoms with Gasteiger partial charge in [-0.2, -0.15) is 0 Å². The number of nitro benzene ring substituents is 4. The van der Waals surface area contributed by atoms with Crippen molar-refractivity contribution < 1.29 is 54.0 Å². The van der Waals surface area contributed by atoms with Crippen LogP contribution in [-0.4, -0.2) is 112 Å². The minimum absolute atomic E-state index is 0.00168.